The first-order valence-corrected chi connectivity index (χ1v) is 9.28. The first kappa shape index (κ1) is 21.4. The Hall–Kier alpha value is -1.86. The minimum atomic E-state index is -0.477. The number of nitrogens with zero attached hydrogens (tertiary/aromatic N) is 2. The summed E-state index contributed by atoms with van der Waals surface area (Å²) in [6.45, 7) is 8.85. The van der Waals surface area contributed by atoms with Crippen LogP contribution in [0.15, 0.2) is 24.4 Å². The summed E-state index contributed by atoms with van der Waals surface area (Å²) in [7, 11) is 9.28. The molecular weight excluding hydrogens is 337 g/mol. The normalized spacial score (nSPS) is 20.4. The highest BCUT2D eigenvalue weighted by atomic mass is 16.5. The average molecular weight is 369 g/mol. The van der Waals surface area contributed by atoms with Crippen LogP contribution in [-0.2, 0) is 0 Å². The number of methoxy groups -OCH3 is 1. The van der Waals surface area contributed by atoms with Crippen molar-refractivity contribution in [3.8, 4) is 5.75 Å². The molecule has 0 bridgehead atoms. The number of hydrogen-bond donors (Lipinski definition) is 3. The number of nitrogens with one attached hydrogen (secondary N) is 2. The number of aromatic nitrogens is 1. The summed E-state index contributed by atoms with van der Waals surface area (Å²) in [5.74, 6) is 0.979. The average Bonchev–Trinajstić information content (AvgIpc) is 2.55. The van der Waals surface area contributed by atoms with Gasteiger partial charge in [0.1, 0.15) is 25.1 Å². The monoisotopic (exact) mass is 369 g/mol. The van der Waals surface area contributed by atoms with E-state index in [0.717, 1.165) is 12.8 Å². The van der Waals surface area contributed by atoms with Crippen molar-refractivity contribution < 1.29 is 4.74 Å². The van der Waals surface area contributed by atoms with E-state index < -0.39 is 6.04 Å². The van der Waals surface area contributed by atoms with Gasteiger partial charge >= 0.3 is 0 Å². The van der Waals surface area contributed by atoms with Gasteiger partial charge in [-0.2, -0.15) is 0 Å². The van der Waals surface area contributed by atoms with Crippen molar-refractivity contribution in [2.45, 2.75) is 63.7 Å². The van der Waals surface area contributed by atoms with Crippen molar-refractivity contribution in [1.82, 2.24) is 15.2 Å². The Morgan fingerprint density at radius 3 is 2.56 bits per heavy atom. The van der Waals surface area contributed by atoms with E-state index in [2.05, 4.69) is 38.0 Å². The van der Waals surface area contributed by atoms with Crippen molar-refractivity contribution in [2.75, 3.05) is 14.2 Å². The summed E-state index contributed by atoms with van der Waals surface area (Å²) in [6.07, 6.45) is 7.02. The second-order valence-electron chi connectivity index (χ2n) is 8.69. The molecule has 2 rings (SSSR count). The van der Waals surface area contributed by atoms with Gasteiger partial charge in [-0.15, -0.1) is 0 Å². The Morgan fingerprint density at radius 2 is 2.00 bits per heavy atom. The van der Waals surface area contributed by atoms with Gasteiger partial charge < -0.3 is 20.7 Å². The van der Waals surface area contributed by atoms with Crippen LogP contribution in [0, 0.1) is 5.41 Å². The molecule has 2 radical (unpaired) electrons. The zero-order valence-electron chi connectivity index (χ0n) is 17.3. The molecule has 1 aliphatic heterocycles. The largest absolute Gasteiger partial charge is 0.495 e. The molecular formula is C20H32BN5O. The molecule has 1 unspecified atom stereocenters. The minimum Gasteiger partial charge on any atom is -0.495 e. The van der Waals surface area contributed by atoms with Gasteiger partial charge in [-0.25, -0.2) is 0 Å². The quantitative estimate of drug-likeness (QED) is 0.417. The number of hydrogen-bond acceptors (Lipinski definition) is 5. The fraction of sp³-hybridized carbons (Fsp3) is 0.600. The molecule has 1 aliphatic rings. The van der Waals surface area contributed by atoms with Gasteiger partial charge in [0.2, 0.25) is 0 Å². The Bertz CT molecular complexity index is 700. The lowest BCUT2D eigenvalue weighted by Gasteiger charge is -2.49. The topological polar surface area (TPSA) is 87.3 Å². The maximum atomic E-state index is 8.47. The predicted octanol–water partition coefficient (Wildman–Crippen LogP) is 1.66. The smallest absolute Gasteiger partial charge is 0.141 e. The second kappa shape index (κ2) is 8.03. The first-order chi connectivity index (χ1) is 12.4. The Balaban J connectivity index is 2.09. The van der Waals surface area contributed by atoms with Crippen molar-refractivity contribution in [3.63, 3.8) is 0 Å². The highest BCUT2D eigenvalue weighted by Gasteiger charge is 2.39. The number of piperidine rings is 1. The molecule has 4 N–H and O–H groups in total. The molecule has 2 heterocycles. The SMILES string of the molecule is [B]c1cnc(C(N)/C=C\C(=N)N(C)C2CC(C)(C)NC(C)(C)C2)c(OC)c1. The molecule has 27 heavy (non-hydrogen) atoms. The summed E-state index contributed by atoms with van der Waals surface area (Å²) in [5, 5.41) is 12.1. The molecule has 146 valence electrons. The van der Waals surface area contributed by atoms with Crippen LogP contribution < -0.4 is 21.3 Å². The molecule has 0 saturated carbocycles. The fourth-order valence-electron chi connectivity index (χ4n) is 4.03. The lowest BCUT2D eigenvalue weighted by molar-refractivity contribution is 0.114. The van der Waals surface area contributed by atoms with Gasteiger partial charge in [0.15, 0.2) is 0 Å². The molecule has 0 aromatic carbocycles. The van der Waals surface area contributed by atoms with Crippen molar-refractivity contribution in [3.05, 3.63) is 30.1 Å². The zero-order valence-corrected chi connectivity index (χ0v) is 17.3. The van der Waals surface area contributed by atoms with E-state index in [1.54, 1.807) is 31.5 Å². The van der Waals surface area contributed by atoms with E-state index in [9.17, 15) is 0 Å². The molecule has 1 aromatic heterocycles. The van der Waals surface area contributed by atoms with Crippen LogP contribution >= 0.6 is 0 Å². The number of ether oxygens (including phenoxy) is 1. The maximum Gasteiger partial charge on any atom is 0.141 e. The molecule has 6 nitrogen and oxygen atoms in total. The van der Waals surface area contributed by atoms with Crippen LogP contribution in [0.25, 0.3) is 0 Å². The van der Waals surface area contributed by atoms with E-state index in [0.29, 0.717) is 22.7 Å². The summed E-state index contributed by atoms with van der Waals surface area (Å²) in [6, 6.07) is 1.51. The van der Waals surface area contributed by atoms with Gasteiger partial charge in [0.25, 0.3) is 0 Å². The summed E-state index contributed by atoms with van der Waals surface area (Å²) < 4.78 is 5.32. The minimum absolute atomic E-state index is 0.0301. The number of rotatable bonds is 5. The van der Waals surface area contributed by atoms with E-state index in [4.69, 9.17) is 23.7 Å². The van der Waals surface area contributed by atoms with Gasteiger partial charge in [0, 0.05) is 30.4 Å². The van der Waals surface area contributed by atoms with Gasteiger partial charge in [-0.3, -0.25) is 10.4 Å². The first-order valence-electron chi connectivity index (χ1n) is 9.28. The lowest BCUT2D eigenvalue weighted by atomic mass is 9.79. The van der Waals surface area contributed by atoms with Crippen molar-refractivity contribution >= 4 is 19.1 Å². The Morgan fingerprint density at radius 1 is 1.41 bits per heavy atom. The molecule has 0 amide bonds. The van der Waals surface area contributed by atoms with E-state index in [1.165, 1.54) is 0 Å². The molecule has 1 saturated heterocycles. The fourth-order valence-corrected chi connectivity index (χ4v) is 4.03. The third-order valence-electron chi connectivity index (χ3n) is 5.00. The van der Waals surface area contributed by atoms with Crippen LogP contribution in [0.1, 0.15) is 52.3 Å². The van der Waals surface area contributed by atoms with Crippen molar-refractivity contribution in [2.24, 2.45) is 5.73 Å². The van der Waals surface area contributed by atoms with E-state index >= 15 is 0 Å². The number of pyridine rings is 1. The number of nitrogens with two attached hydrogens (primary N) is 1. The number of likely N-dealkylation sites (N-methyl/N-ethyl adjacent to an activating group) is 1. The Labute approximate surface area is 164 Å². The van der Waals surface area contributed by atoms with Gasteiger partial charge in [-0.1, -0.05) is 11.5 Å². The molecule has 7 heteroatoms. The zero-order chi connectivity index (χ0) is 20.4. The summed E-state index contributed by atoms with van der Waals surface area (Å²) in [5.41, 5.74) is 7.42. The van der Waals surface area contributed by atoms with Crippen LogP contribution in [0.5, 0.6) is 5.75 Å². The standard InChI is InChI=1S/C20H32BN5O/c1-19(2)10-14(11-20(3,4)25-19)26(5)17(23)8-7-15(22)18-16(27-6)9-13(21)12-24-18/h7-9,12,14-15,23,25H,10-11,22H2,1-6H3/b8-7-,23-17?. The molecule has 0 spiro atoms. The highest BCUT2D eigenvalue weighted by Crippen LogP contribution is 2.31. The second-order valence-corrected chi connectivity index (χ2v) is 8.69. The summed E-state index contributed by atoms with van der Waals surface area (Å²) >= 11 is 0. The van der Waals surface area contributed by atoms with Crippen LogP contribution in [-0.4, -0.2) is 54.8 Å². The molecule has 1 atom stereocenters. The summed E-state index contributed by atoms with van der Waals surface area (Å²) in [4.78, 5) is 6.31. The lowest BCUT2D eigenvalue weighted by Crippen LogP contribution is -2.62. The van der Waals surface area contributed by atoms with Crippen LogP contribution in [0.3, 0.4) is 0 Å². The predicted molar refractivity (Wildman–Crippen MR) is 112 cm³/mol. The van der Waals surface area contributed by atoms with Crippen LogP contribution in [0.4, 0.5) is 0 Å². The van der Waals surface area contributed by atoms with Crippen molar-refractivity contribution in [1.29, 1.82) is 5.41 Å². The molecule has 1 aromatic rings. The molecule has 1 fully saturated rings. The van der Waals surface area contributed by atoms with E-state index in [1.807, 2.05) is 11.9 Å². The third kappa shape index (κ3) is 5.56. The Kier molecular flexibility index (Phi) is 6.37. The van der Waals surface area contributed by atoms with Gasteiger partial charge in [-0.05, 0) is 52.7 Å². The third-order valence-corrected chi connectivity index (χ3v) is 5.00. The highest BCUT2D eigenvalue weighted by molar-refractivity contribution is 6.32. The maximum absolute atomic E-state index is 8.47. The van der Waals surface area contributed by atoms with E-state index in [-0.39, 0.29) is 17.1 Å². The van der Waals surface area contributed by atoms with Crippen LogP contribution in [0.2, 0.25) is 0 Å². The van der Waals surface area contributed by atoms with Gasteiger partial charge in [0.05, 0.1) is 13.2 Å². The molecule has 0 aliphatic carbocycles. The number of amidine groups is 1.